The van der Waals surface area contributed by atoms with Crippen LogP contribution in [0.3, 0.4) is 0 Å². The summed E-state index contributed by atoms with van der Waals surface area (Å²) in [7, 11) is 0. The summed E-state index contributed by atoms with van der Waals surface area (Å²) in [4.78, 5) is 23.9. The first-order valence-electron chi connectivity index (χ1n) is 6.93. The van der Waals surface area contributed by atoms with E-state index in [1.165, 1.54) is 0 Å². The molecular weight excluding hydrogens is 280 g/mol. The number of carbonyl (C=O) groups excluding carboxylic acids is 2. The van der Waals surface area contributed by atoms with Crippen LogP contribution in [0.5, 0.6) is 11.5 Å². The Morgan fingerprint density at radius 3 is 1.86 bits per heavy atom. The largest absolute Gasteiger partial charge is 0.423 e. The highest BCUT2D eigenvalue weighted by Gasteiger charge is 2.13. The van der Waals surface area contributed by atoms with Gasteiger partial charge in [0.1, 0.15) is 11.5 Å². The van der Waals surface area contributed by atoms with Gasteiger partial charge in [-0.05, 0) is 30.7 Å². The molecule has 0 saturated heterocycles. The Kier molecular flexibility index (Phi) is 5.49. The third-order valence-corrected chi connectivity index (χ3v) is 2.85. The van der Waals surface area contributed by atoms with E-state index in [0.717, 1.165) is 6.08 Å². The van der Waals surface area contributed by atoms with Crippen molar-refractivity contribution in [2.45, 2.75) is 13.3 Å². The van der Waals surface area contributed by atoms with Crippen LogP contribution in [0, 0.1) is 0 Å². The van der Waals surface area contributed by atoms with E-state index < -0.39 is 11.9 Å². The topological polar surface area (TPSA) is 52.6 Å². The van der Waals surface area contributed by atoms with Crippen LogP contribution in [-0.2, 0) is 9.59 Å². The van der Waals surface area contributed by atoms with E-state index in [9.17, 15) is 9.59 Å². The molecule has 0 spiro atoms. The lowest BCUT2D eigenvalue weighted by molar-refractivity contribution is -0.132. The van der Waals surface area contributed by atoms with E-state index in [0.29, 0.717) is 17.9 Å². The molecule has 0 fully saturated rings. The smallest absolute Gasteiger partial charge is 0.339 e. The number of benzene rings is 2. The van der Waals surface area contributed by atoms with Crippen molar-refractivity contribution < 1.29 is 19.1 Å². The summed E-state index contributed by atoms with van der Waals surface area (Å²) >= 11 is 0. The number of carbonyl (C=O) groups is 2. The first kappa shape index (κ1) is 15.5. The zero-order chi connectivity index (χ0) is 15.8. The van der Waals surface area contributed by atoms with Gasteiger partial charge in [-0.1, -0.05) is 43.3 Å². The van der Waals surface area contributed by atoms with Crippen molar-refractivity contribution in [1.29, 1.82) is 0 Å². The van der Waals surface area contributed by atoms with Crippen LogP contribution in [0.1, 0.15) is 13.3 Å². The third kappa shape index (κ3) is 4.59. The van der Waals surface area contributed by atoms with Crippen molar-refractivity contribution in [1.82, 2.24) is 0 Å². The van der Waals surface area contributed by atoms with Crippen molar-refractivity contribution in [2.75, 3.05) is 0 Å². The highest BCUT2D eigenvalue weighted by atomic mass is 16.5. The van der Waals surface area contributed by atoms with E-state index >= 15 is 0 Å². The van der Waals surface area contributed by atoms with Gasteiger partial charge >= 0.3 is 11.9 Å². The molecule has 0 heterocycles. The normalized spacial score (nSPS) is 10.9. The molecule has 2 aromatic rings. The Morgan fingerprint density at radius 1 is 0.864 bits per heavy atom. The van der Waals surface area contributed by atoms with E-state index in [-0.39, 0.29) is 5.57 Å². The van der Waals surface area contributed by atoms with Gasteiger partial charge in [-0.2, -0.15) is 0 Å². The number of ether oxygens (including phenoxy) is 2. The molecule has 0 radical (unpaired) electrons. The number of esters is 2. The molecule has 4 heteroatoms. The molecule has 0 N–H and O–H groups in total. The Labute approximate surface area is 129 Å². The second kappa shape index (κ2) is 7.78. The quantitative estimate of drug-likeness (QED) is 0.481. The maximum atomic E-state index is 12.0. The van der Waals surface area contributed by atoms with Crippen LogP contribution in [0.2, 0.25) is 0 Å². The molecule has 0 unspecified atom stereocenters. The summed E-state index contributed by atoms with van der Waals surface area (Å²) in [6.07, 6.45) is 1.54. The van der Waals surface area contributed by atoms with Gasteiger partial charge in [0.2, 0.25) is 0 Å². The molecule has 2 rings (SSSR count). The van der Waals surface area contributed by atoms with Gasteiger partial charge in [-0.3, -0.25) is 0 Å². The zero-order valence-corrected chi connectivity index (χ0v) is 12.2. The van der Waals surface area contributed by atoms with Crippen molar-refractivity contribution in [3.05, 3.63) is 72.3 Å². The van der Waals surface area contributed by atoms with Crippen LogP contribution in [-0.4, -0.2) is 11.9 Å². The molecule has 0 bridgehead atoms. The molecule has 0 aliphatic heterocycles. The second-order valence-electron chi connectivity index (χ2n) is 4.46. The monoisotopic (exact) mass is 296 g/mol. The van der Waals surface area contributed by atoms with Crippen molar-refractivity contribution in [2.24, 2.45) is 0 Å². The third-order valence-electron chi connectivity index (χ3n) is 2.85. The Morgan fingerprint density at radius 2 is 1.36 bits per heavy atom. The molecule has 0 atom stereocenters. The molecule has 0 aliphatic carbocycles. The maximum absolute atomic E-state index is 12.0. The van der Waals surface area contributed by atoms with Gasteiger partial charge in [-0.15, -0.1) is 0 Å². The average Bonchev–Trinajstić information content (AvgIpc) is 2.54. The van der Waals surface area contributed by atoms with Crippen LogP contribution >= 0.6 is 0 Å². The molecule has 0 amide bonds. The molecule has 0 aromatic heterocycles. The highest BCUT2D eigenvalue weighted by Crippen LogP contribution is 2.14. The lowest BCUT2D eigenvalue weighted by Gasteiger charge is -2.06. The van der Waals surface area contributed by atoms with E-state index in [1.54, 1.807) is 55.5 Å². The fourth-order valence-electron chi connectivity index (χ4n) is 1.74. The van der Waals surface area contributed by atoms with Gasteiger partial charge in [0.15, 0.2) is 0 Å². The highest BCUT2D eigenvalue weighted by molar-refractivity contribution is 5.97. The van der Waals surface area contributed by atoms with Gasteiger partial charge in [0.25, 0.3) is 0 Å². The number of hydrogen-bond donors (Lipinski definition) is 0. The fourth-order valence-corrected chi connectivity index (χ4v) is 1.74. The maximum Gasteiger partial charge on any atom is 0.339 e. The number of para-hydroxylation sites is 2. The van der Waals surface area contributed by atoms with E-state index in [1.807, 2.05) is 12.1 Å². The lowest BCUT2D eigenvalue weighted by atomic mass is 10.2. The minimum atomic E-state index is -0.604. The van der Waals surface area contributed by atoms with Crippen LogP contribution < -0.4 is 9.47 Å². The second-order valence-corrected chi connectivity index (χ2v) is 4.46. The Bertz CT molecular complexity index is 660. The van der Waals surface area contributed by atoms with Crippen LogP contribution in [0.4, 0.5) is 0 Å². The first-order chi connectivity index (χ1) is 10.7. The van der Waals surface area contributed by atoms with Gasteiger partial charge < -0.3 is 9.47 Å². The molecule has 112 valence electrons. The van der Waals surface area contributed by atoms with E-state index in [2.05, 4.69) is 0 Å². The zero-order valence-electron chi connectivity index (χ0n) is 12.2. The standard InChI is InChI=1S/C18H16O4/c1-2-14(18(20)22-16-11-7-4-8-12-16)13-17(19)21-15-9-5-3-6-10-15/h3-13H,2H2,1H3/b14-13-. The molecular formula is C18H16O4. The molecule has 0 saturated carbocycles. The molecule has 0 aliphatic rings. The minimum Gasteiger partial charge on any atom is -0.423 e. The summed E-state index contributed by atoms with van der Waals surface area (Å²) in [6.45, 7) is 1.77. The van der Waals surface area contributed by atoms with Crippen LogP contribution in [0.15, 0.2) is 72.3 Å². The molecule has 4 nitrogen and oxygen atoms in total. The predicted molar refractivity (Wildman–Crippen MR) is 82.5 cm³/mol. The Balaban J connectivity index is 2.03. The predicted octanol–water partition coefficient (Wildman–Crippen LogP) is 3.53. The van der Waals surface area contributed by atoms with Crippen molar-refractivity contribution >= 4 is 11.9 Å². The summed E-state index contributed by atoms with van der Waals surface area (Å²) in [5.74, 6) is -0.300. The first-order valence-corrected chi connectivity index (χ1v) is 6.93. The summed E-state index contributed by atoms with van der Waals surface area (Å²) in [6, 6.07) is 17.4. The Hall–Kier alpha value is -2.88. The van der Waals surface area contributed by atoms with Gasteiger partial charge in [-0.25, -0.2) is 9.59 Å². The molecule has 2 aromatic carbocycles. The van der Waals surface area contributed by atoms with Gasteiger partial charge in [0.05, 0.1) is 0 Å². The number of rotatable bonds is 5. The van der Waals surface area contributed by atoms with Gasteiger partial charge in [0, 0.05) is 11.6 Å². The van der Waals surface area contributed by atoms with Crippen molar-refractivity contribution in [3.8, 4) is 11.5 Å². The summed E-state index contributed by atoms with van der Waals surface area (Å²) in [5, 5.41) is 0. The minimum absolute atomic E-state index is 0.254. The average molecular weight is 296 g/mol. The number of hydrogen-bond acceptors (Lipinski definition) is 4. The lowest BCUT2D eigenvalue weighted by Crippen LogP contribution is -2.14. The van der Waals surface area contributed by atoms with Crippen LogP contribution in [0.25, 0.3) is 0 Å². The van der Waals surface area contributed by atoms with Crippen molar-refractivity contribution in [3.63, 3.8) is 0 Å². The summed E-state index contributed by atoms with van der Waals surface area (Å²) < 4.78 is 10.3. The summed E-state index contributed by atoms with van der Waals surface area (Å²) in [5.41, 5.74) is 0.254. The van der Waals surface area contributed by atoms with E-state index in [4.69, 9.17) is 9.47 Å². The SMILES string of the molecule is CC/C(=C/C(=O)Oc1ccccc1)C(=O)Oc1ccccc1. The molecule has 22 heavy (non-hydrogen) atoms. The fraction of sp³-hybridized carbons (Fsp3) is 0.111.